The zero-order chi connectivity index (χ0) is 14.4. The first-order chi connectivity index (χ1) is 9.70. The van der Waals surface area contributed by atoms with E-state index < -0.39 is 0 Å². The fraction of sp³-hybridized carbons (Fsp3) is 0.533. The van der Waals surface area contributed by atoms with Gasteiger partial charge in [0.15, 0.2) is 0 Å². The predicted octanol–water partition coefficient (Wildman–Crippen LogP) is 2.14. The Kier molecular flexibility index (Phi) is 5.83. The Morgan fingerprint density at radius 2 is 2.25 bits per heavy atom. The first-order valence-electron chi connectivity index (χ1n) is 6.96. The molecule has 0 radical (unpaired) electrons. The van der Waals surface area contributed by atoms with E-state index in [9.17, 15) is 4.79 Å². The van der Waals surface area contributed by atoms with Crippen molar-refractivity contribution in [3.05, 3.63) is 34.9 Å². The van der Waals surface area contributed by atoms with Crippen LogP contribution in [0, 0.1) is 5.92 Å². The van der Waals surface area contributed by atoms with Crippen LogP contribution in [0.5, 0.6) is 0 Å². The van der Waals surface area contributed by atoms with Crippen molar-refractivity contribution in [2.75, 3.05) is 26.8 Å². The molecule has 1 saturated heterocycles. The summed E-state index contributed by atoms with van der Waals surface area (Å²) in [6.45, 7) is 2.29. The predicted molar refractivity (Wildman–Crippen MR) is 79.8 cm³/mol. The second-order valence-electron chi connectivity index (χ2n) is 5.08. The summed E-state index contributed by atoms with van der Waals surface area (Å²) in [7, 11) is 1.67. The SMILES string of the molecule is COCC[C@@H](NC(=O)[C@@H]1CCNC1)c1ccc(Cl)cc1. The van der Waals surface area contributed by atoms with Crippen LogP contribution in [0.15, 0.2) is 24.3 Å². The van der Waals surface area contributed by atoms with Crippen molar-refractivity contribution >= 4 is 17.5 Å². The number of hydrogen-bond acceptors (Lipinski definition) is 3. The van der Waals surface area contributed by atoms with Crippen molar-refractivity contribution in [1.29, 1.82) is 0 Å². The number of ether oxygens (including phenoxy) is 1. The molecule has 1 heterocycles. The third kappa shape index (κ3) is 4.20. The Morgan fingerprint density at radius 3 is 2.85 bits per heavy atom. The fourth-order valence-corrected chi connectivity index (χ4v) is 2.55. The Balaban J connectivity index is 2.02. The second kappa shape index (κ2) is 7.62. The molecule has 1 fully saturated rings. The van der Waals surface area contributed by atoms with Crippen LogP contribution < -0.4 is 10.6 Å². The van der Waals surface area contributed by atoms with E-state index >= 15 is 0 Å². The summed E-state index contributed by atoms with van der Waals surface area (Å²) in [5, 5.41) is 7.04. The molecule has 1 aliphatic rings. The van der Waals surface area contributed by atoms with Gasteiger partial charge in [0.2, 0.25) is 5.91 Å². The highest BCUT2D eigenvalue weighted by Gasteiger charge is 2.24. The maximum atomic E-state index is 12.2. The van der Waals surface area contributed by atoms with Crippen LogP contribution in [-0.4, -0.2) is 32.7 Å². The zero-order valence-electron chi connectivity index (χ0n) is 11.7. The first-order valence-corrected chi connectivity index (χ1v) is 7.34. The Labute approximate surface area is 124 Å². The summed E-state index contributed by atoms with van der Waals surface area (Å²) in [5.74, 6) is 0.193. The second-order valence-corrected chi connectivity index (χ2v) is 5.52. The van der Waals surface area contributed by atoms with Crippen LogP contribution >= 0.6 is 11.6 Å². The molecule has 0 bridgehead atoms. The molecule has 0 aliphatic carbocycles. The summed E-state index contributed by atoms with van der Waals surface area (Å²) in [5.41, 5.74) is 1.06. The molecule has 4 nitrogen and oxygen atoms in total. The molecule has 2 atom stereocenters. The zero-order valence-corrected chi connectivity index (χ0v) is 12.5. The van der Waals surface area contributed by atoms with Crippen LogP contribution in [0.1, 0.15) is 24.4 Å². The molecule has 1 aromatic carbocycles. The minimum Gasteiger partial charge on any atom is -0.385 e. The number of hydrogen-bond donors (Lipinski definition) is 2. The van der Waals surface area contributed by atoms with Crippen molar-refractivity contribution in [2.45, 2.75) is 18.9 Å². The number of benzene rings is 1. The van der Waals surface area contributed by atoms with Gasteiger partial charge < -0.3 is 15.4 Å². The molecular weight excluding hydrogens is 276 g/mol. The van der Waals surface area contributed by atoms with E-state index in [0.29, 0.717) is 11.6 Å². The molecule has 110 valence electrons. The number of nitrogens with one attached hydrogen (secondary N) is 2. The number of carbonyl (C=O) groups is 1. The molecule has 2 N–H and O–H groups in total. The maximum absolute atomic E-state index is 12.2. The van der Waals surface area contributed by atoms with Crippen molar-refractivity contribution < 1.29 is 9.53 Å². The minimum absolute atomic E-state index is 0.0275. The average molecular weight is 297 g/mol. The van der Waals surface area contributed by atoms with Crippen molar-refractivity contribution in [1.82, 2.24) is 10.6 Å². The van der Waals surface area contributed by atoms with E-state index in [4.69, 9.17) is 16.3 Å². The molecule has 2 rings (SSSR count). The summed E-state index contributed by atoms with van der Waals surface area (Å²) >= 11 is 5.91. The summed E-state index contributed by atoms with van der Waals surface area (Å²) < 4.78 is 5.13. The smallest absolute Gasteiger partial charge is 0.224 e. The highest BCUT2D eigenvalue weighted by atomic mass is 35.5. The van der Waals surface area contributed by atoms with Gasteiger partial charge in [-0.15, -0.1) is 0 Å². The quantitative estimate of drug-likeness (QED) is 0.846. The standard InChI is InChI=1S/C15H21ClN2O2/c1-20-9-7-14(11-2-4-13(16)5-3-11)18-15(19)12-6-8-17-10-12/h2-5,12,14,17H,6-10H2,1H3,(H,18,19)/t12-,14-/m1/s1. The molecule has 0 saturated carbocycles. The van der Waals surface area contributed by atoms with Crippen molar-refractivity contribution in [3.63, 3.8) is 0 Å². The molecule has 0 spiro atoms. The third-order valence-corrected chi connectivity index (χ3v) is 3.88. The topological polar surface area (TPSA) is 50.4 Å². The van der Waals surface area contributed by atoms with Crippen LogP contribution in [0.2, 0.25) is 5.02 Å². The van der Waals surface area contributed by atoms with E-state index in [2.05, 4.69) is 10.6 Å². The van der Waals surface area contributed by atoms with Gasteiger partial charge in [-0.25, -0.2) is 0 Å². The average Bonchev–Trinajstić information content (AvgIpc) is 2.98. The van der Waals surface area contributed by atoms with Crippen molar-refractivity contribution in [2.24, 2.45) is 5.92 Å². The van der Waals surface area contributed by atoms with Crippen LogP contribution in [-0.2, 0) is 9.53 Å². The lowest BCUT2D eigenvalue weighted by Crippen LogP contribution is -2.35. The van der Waals surface area contributed by atoms with E-state index in [1.54, 1.807) is 7.11 Å². The van der Waals surface area contributed by atoms with Crippen LogP contribution in [0.25, 0.3) is 0 Å². The van der Waals surface area contributed by atoms with Gasteiger partial charge in [0.25, 0.3) is 0 Å². The van der Waals surface area contributed by atoms with Gasteiger partial charge >= 0.3 is 0 Å². The number of rotatable bonds is 6. The van der Waals surface area contributed by atoms with E-state index in [1.165, 1.54) is 0 Å². The summed E-state index contributed by atoms with van der Waals surface area (Å²) in [6.07, 6.45) is 1.66. The van der Waals surface area contributed by atoms with E-state index in [0.717, 1.165) is 31.5 Å². The van der Waals surface area contributed by atoms with Gasteiger partial charge in [-0.2, -0.15) is 0 Å². The fourth-order valence-electron chi connectivity index (χ4n) is 2.42. The van der Waals surface area contributed by atoms with Crippen LogP contribution in [0.4, 0.5) is 0 Å². The molecule has 1 aromatic rings. The summed E-state index contributed by atoms with van der Waals surface area (Å²) in [6, 6.07) is 7.58. The highest BCUT2D eigenvalue weighted by Crippen LogP contribution is 2.21. The summed E-state index contributed by atoms with van der Waals surface area (Å²) in [4.78, 5) is 12.2. The Hall–Kier alpha value is -1.10. The lowest BCUT2D eigenvalue weighted by molar-refractivity contribution is -0.125. The number of amides is 1. The lowest BCUT2D eigenvalue weighted by atomic mass is 10.0. The van der Waals surface area contributed by atoms with Gasteiger partial charge in [0.05, 0.1) is 12.0 Å². The van der Waals surface area contributed by atoms with Gasteiger partial charge in [0.1, 0.15) is 0 Å². The van der Waals surface area contributed by atoms with Gasteiger partial charge in [-0.3, -0.25) is 4.79 Å². The van der Waals surface area contributed by atoms with Gasteiger partial charge in [-0.1, -0.05) is 23.7 Å². The van der Waals surface area contributed by atoms with Crippen molar-refractivity contribution in [3.8, 4) is 0 Å². The molecule has 0 aromatic heterocycles. The molecule has 1 amide bonds. The molecular formula is C15H21ClN2O2. The van der Waals surface area contributed by atoms with Crippen LogP contribution in [0.3, 0.4) is 0 Å². The highest BCUT2D eigenvalue weighted by molar-refractivity contribution is 6.30. The maximum Gasteiger partial charge on any atom is 0.224 e. The number of methoxy groups -OCH3 is 1. The van der Waals surface area contributed by atoms with E-state index in [1.807, 2.05) is 24.3 Å². The molecule has 0 unspecified atom stereocenters. The largest absolute Gasteiger partial charge is 0.385 e. The number of carbonyl (C=O) groups excluding carboxylic acids is 1. The Bertz CT molecular complexity index is 430. The van der Waals surface area contributed by atoms with Gasteiger partial charge in [0, 0.05) is 25.3 Å². The monoisotopic (exact) mass is 296 g/mol. The minimum atomic E-state index is -0.0275. The first kappa shape index (κ1) is 15.3. The third-order valence-electron chi connectivity index (χ3n) is 3.63. The Morgan fingerprint density at radius 1 is 1.50 bits per heavy atom. The normalized spacial score (nSPS) is 19.8. The van der Waals surface area contributed by atoms with E-state index in [-0.39, 0.29) is 17.9 Å². The lowest BCUT2D eigenvalue weighted by Gasteiger charge is -2.21. The molecule has 5 heteroatoms. The molecule has 1 aliphatic heterocycles. The molecule has 20 heavy (non-hydrogen) atoms. The number of halogens is 1. The van der Waals surface area contributed by atoms with Gasteiger partial charge in [-0.05, 0) is 37.1 Å².